The summed E-state index contributed by atoms with van der Waals surface area (Å²) in [6, 6.07) is 0.137. The van der Waals surface area contributed by atoms with Gasteiger partial charge in [-0.2, -0.15) is 0 Å². The van der Waals surface area contributed by atoms with Crippen molar-refractivity contribution in [3.8, 4) is 0 Å². The van der Waals surface area contributed by atoms with E-state index in [0.29, 0.717) is 13.0 Å². The second kappa shape index (κ2) is 6.89. The Kier molecular flexibility index (Phi) is 5.17. The van der Waals surface area contributed by atoms with Gasteiger partial charge in [-0.25, -0.2) is 4.98 Å². The fourth-order valence-corrected chi connectivity index (χ4v) is 3.36. The molecule has 21 heavy (non-hydrogen) atoms. The maximum atomic E-state index is 12.0. The van der Waals surface area contributed by atoms with Crippen LogP contribution in [0, 0.1) is 20.8 Å². The summed E-state index contributed by atoms with van der Waals surface area (Å²) in [7, 11) is 0. The fourth-order valence-electron chi connectivity index (χ4n) is 2.44. The number of imidazole rings is 1. The highest BCUT2D eigenvalue weighted by Gasteiger charge is 2.12. The van der Waals surface area contributed by atoms with E-state index in [1.807, 2.05) is 24.6 Å². The molecule has 5 heteroatoms. The fraction of sp³-hybridized carbons (Fsp3) is 0.500. The van der Waals surface area contributed by atoms with Crippen LogP contribution < -0.4 is 5.32 Å². The van der Waals surface area contributed by atoms with Gasteiger partial charge in [-0.3, -0.25) is 4.79 Å². The quantitative estimate of drug-likeness (QED) is 0.891. The van der Waals surface area contributed by atoms with Gasteiger partial charge in [-0.15, -0.1) is 11.3 Å². The van der Waals surface area contributed by atoms with E-state index >= 15 is 0 Å². The molecule has 0 bridgehead atoms. The lowest BCUT2D eigenvalue weighted by Gasteiger charge is -2.14. The van der Waals surface area contributed by atoms with Gasteiger partial charge >= 0.3 is 0 Å². The van der Waals surface area contributed by atoms with Crippen molar-refractivity contribution in [2.75, 3.05) is 6.54 Å². The van der Waals surface area contributed by atoms with Crippen LogP contribution in [0.1, 0.15) is 41.2 Å². The number of hydrogen-bond acceptors (Lipinski definition) is 3. The van der Waals surface area contributed by atoms with E-state index < -0.39 is 0 Å². The van der Waals surface area contributed by atoms with Crippen LogP contribution in [0.15, 0.2) is 17.8 Å². The summed E-state index contributed by atoms with van der Waals surface area (Å²) in [5.74, 6) is 1.04. The predicted molar refractivity (Wildman–Crippen MR) is 86.8 cm³/mol. The lowest BCUT2D eigenvalue weighted by atomic mass is 10.1. The molecule has 0 aliphatic rings. The average Bonchev–Trinajstić information content (AvgIpc) is 2.99. The minimum atomic E-state index is 0.0974. The Morgan fingerprint density at radius 1 is 1.43 bits per heavy atom. The largest absolute Gasteiger partial charge is 0.356 e. The molecule has 0 radical (unpaired) electrons. The number of aromatic nitrogens is 2. The molecular weight excluding hydrogens is 282 g/mol. The van der Waals surface area contributed by atoms with Crippen molar-refractivity contribution in [2.24, 2.45) is 0 Å². The maximum absolute atomic E-state index is 12.0. The molecule has 2 heterocycles. The number of carbonyl (C=O) groups is 1. The van der Waals surface area contributed by atoms with Gasteiger partial charge in [0.25, 0.3) is 0 Å². The van der Waals surface area contributed by atoms with Gasteiger partial charge in [0, 0.05) is 36.3 Å². The van der Waals surface area contributed by atoms with Crippen LogP contribution in [0.4, 0.5) is 0 Å². The summed E-state index contributed by atoms with van der Waals surface area (Å²) in [4.78, 5) is 17.6. The van der Waals surface area contributed by atoms with E-state index in [-0.39, 0.29) is 11.9 Å². The van der Waals surface area contributed by atoms with E-state index in [2.05, 4.69) is 29.5 Å². The third-order valence-electron chi connectivity index (χ3n) is 3.92. The van der Waals surface area contributed by atoms with E-state index in [0.717, 1.165) is 12.2 Å². The summed E-state index contributed by atoms with van der Waals surface area (Å²) >= 11 is 1.78. The number of nitrogens with zero attached hydrogens (tertiary/aromatic N) is 2. The maximum Gasteiger partial charge on any atom is 0.222 e. The SMILES string of the molecule is Cc1scc(CCNC(=O)C[C@@H](C)n2ccnc2C)c1C. The van der Waals surface area contributed by atoms with E-state index in [9.17, 15) is 4.79 Å². The minimum absolute atomic E-state index is 0.0974. The van der Waals surface area contributed by atoms with Crippen molar-refractivity contribution >= 4 is 17.2 Å². The monoisotopic (exact) mass is 305 g/mol. The first-order chi connectivity index (χ1) is 9.99. The molecule has 2 rings (SSSR count). The number of amides is 1. The standard InChI is InChI=1S/C16H23N3OS/c1-11(19-8-7-17-14(19)4)9-16(20)18-6-5-15-10-21-13(3)12(15)2/h7-8,10-11H,5-6,9H2,1-4H3,(H,18,20)/t11-/m1/s1. The normalized spacial score (nSPS) is 12.4. The number of carbonyl (C=O) groups excluding carboxylic acids is 1. The van der Waals surface area contributed by atoms with Crippen LogP contribution in [0.5, 0.6) is 0 Å². The highest BCUT2D eigenvalue weighted by atomic mass is 32.1. The second-order valence-corrected chi connectivity index (χ2v) is 6.56. The van der Waals surface area contributed by atoms with Gasteiger partial charge in [0.2, 0.25) is 5.91 Å². The van der Waals surface area contributed by atoms with Crippen LogP contribution in [-0.2, 0) is 11.2 Å². The zero-order valence-electron chi connectivity index (χ0n) is 13.1. The van der Waals surface area contributed by atoms with Gasteiger partial charge < -0.3 is 9.88 Å². The number of aryl methyl sites for hydroxylation is 2. The average molecular weight is 305 g/mol. The molecule has 2 aromatic rings. The molecule has 114 valence electrons. The zero-order valence-corrected chi connectivity index (χ0v) is 14.0. The molecule has 1 amide bonds. The van der Waals surface area contributed by atoms with Crippen molar-refractivity contribution in [2.45, 2.75) is 46.6 Å². The summed E-state index contributed by atoms with van der Waals surface area (Å²) in [6.45, 7) is 8.98. The molecule has 0 aliphatic heterocycles. The second-order valence-electron chi connectivity index (χ2n) is 5.48. The van der Waals surface area contributed by atoms with Gasteiger partial charge in [-0.05, 0) is 50.6 Å². The van der Waals surface area contributed by atoms with Gasteiger partial charge in [0.1, 0.15) is 5.82 Å². The third kappa shape index (κ3) is 3.94. The van der Waals surface area contributed by atoms with Crippen molar-refractivity contribution in [3.05, 3.63) is 39.6 Å². The minimum Gasteiger partial charge on any atom is -0.356 e. The molecule has 0 saturated heterocycles. The van der Waals surface area contributed by atoms with Crippen LogP contribution in [0.3, 0.4) is 0 Å². The molecule has 1 atom stereocenters. The Hall–Kier alpha value is -1.62. The van der Waals surface area contributed by atoms with Crippen LogP contribution in [0.2, 0.25) is 0 Å². The predicted octanol–water partition coefficient (Wildman–Crippen LogP) is 3.18. The number of nitrogens with one attached hydrogen (secondary N) is 1. The molecular formula is C16H23N3OS. The van der Waals surface area contributed by atoms with Crippen LogP contribution >= 0.6 is 11.3 Å². The smallest absolute Gasteiger partial charge is 0.222 e. The van der Waals surface area contributed by atoms with E-state index in [1.54, 1.807) is 17.5 Å². The summed E-state index contributed by atoms with van der Waals surface area (Å²) in [5, 5.41) is 5.20. The van der Waals surface area contributed by atoms with Crippen molar-refractivity contribution in [1.82, 2.24) is 14.9 Å². The number of rotatable bonds is 6. The highest BCUT2D eigenvalue weighted by Crippen LogP contribution is 2.20. The Morgan fingerprint density at radius 2 is 2.19 bits per heavy atom. The first-order valence-electron chi connectivity index (χ1n) is 7.28. The lowest BCUT2D eigenvalue weighted by molar-refractivity contribution is -0.121. The molecule has 0 unspecified atom stereocenters. The first kappa shape index (κ1) is 15.8. The molecule has 0 saturated carbocycles. The Labute approximate surface area is 130 Å². The number of thiophene rings is 1. The van der Waals surface area contributed by atoms with Gasteiger partial charge in [0.05, 0.1) is 0 Å². The van der Waals surface area contributed by atoms with Gasteiger partial charge in [0.15, 0.2) is 0 Å². The first-order valence-corrected chi connectivity index (χ1v) is 8.16. The summed E-state index contributed by atoms with van der Waals surface area (Å²) < 4.78 is 2.03. The molecule has 0 fully saturated rings. The van der Waals surface area contributed by atoms with E-state index in [1.165, 1.54) is 16.0 Å². The van der Waals surface area contributed by atoms with Crippen LogP contribution in [0.25, 0.3) is 0 Å². The molecule has 0 spiro atoms. The molecule has 2 aromatic heterocycles. The van der Waals surface area contributed by atoms with E-state index in [4.69, 9.17) is 0 Å². The Balaban J connectivity index is 1.78. The van der Waals surface area contributed by atoms with Crippen molar-refractivity contribution in [3.63, 3.8) is 0 Å². The topological polar surface area (TPSA) is 46.9 Å². The molecule has 1 N–H and O–H groups in total. The summed E-state index contributed by atoms with van der Waals surface area (Å²) in [5.41, 5.74) is 2.70. The zero-order chi connectivity index (χ0) is 15.4. The van der Waals surface area contributed by atoms with Crippen LogP contribution in [-0.4, -0.2) is 22.0 Å². The number of hydrogen-bond donors (Lipinski definition) is 1. The highest BCUT2D eigenvalue weighted by molar-refractivity contribution is 7.10. The molecule has 0 aliphatic carbocycles. The van der Waals surface area contributed by atoms with Crippen molar-refractivity contribution in [1.29, 1.82) is 0 Å². The molecule has 0 aromatic carbocycles. The Bertz CT molecular complexity index is 615. The third-order valence-corrected chi connectivity index (χ3v) is 4.98. The Morgan fingerprint density at radius 3 is 2.76 bits per heavy atom. The van der Waals surface area contributed by atoms with Gasteiger partial charge in [-0.1, -0.05) is 0 Å². The summed E-state index contributed by atoms with van der Waals surface area (Å²) in [6.07, 6.45) is 5.08. The lowest BCUT2D eigenvalue weighted by Crippen LogP contribution is -2.28. The van der Waals surface area contributed by atoms with Crippen molar-refractivity contribution < 1.29 is 4.79 Å². The molecule has 4 nitrogen and oxygen atoms in total.